The predicted molar refractivity (Wildman–Crippen MR) is 126 cm³/mol. The molecule has 0 bridgehead atoms. The standard InChI is InChI=1S/C22H44O2.C4H9/c1-3-5-7-8-9-10-11-12-13-14-15-16-17-18-19-20-22(23)24-21-6-4-2;1-4(2)3/h3-21H2,1-2H3;4H,1H2,2-3H3. The Bertz CT molecular complexity index is 283. The fourth-order valence-corrected chi connectivity index (χ4v) is 3.04. The number of esters is 1. The van der Waals surface area contributed by atoms with Crippen LogP contribution in [-0.4, -0.2) is 12.6 Å². The van der Waals surface area contributed by atoms with Gasteiger partial charge in [-0.25, -0.2) is 0 Å². The highest BCUT2D eigenvalue weighted by Crippen LogP contribution is 2.13. The van der Waals surface area contributed by atoms with Crippen LogP contribution < -0.4 is 0 Å². The Morgan fingerprint density at radius 3 is 1.32 bits per heavy atom. The average molecular weight is 398 g/mol. The molecule has 0 N–H and O–H groups in total. The van der Waals surface area contributed by atoms with E-state index in [-0.39, 0.29) is 5.97 Å². The molecule has 0 heterocycles. The third kappa shape index (κ3) is 33.1. The van der Waals surface area contributed by atoms with Gasteiger partial charge in [-0.15, -0.1) is 0 Å². The zero-order chi connectivity index (χ0) is 21.3. The molecule has 0 saturated heterocycles. The Kier molecular flexibility index (Phi) is 28.0. The summed E-state index contributed by atoms with van der Waals surface area (Å²) in [6.45, 7) is 12.7. The van der Waals surface area contributed by atoms with Crippen LogP contribution in [0.25, 0.3) is 0 Å². The predicted octanol–water partition coefficient (Wildman–Crippen LogP) is 9.07. The van der Waals surface area contributed by atoms with E-state index >= 15 is 0 Å². The van der Waals surface area contributed by atoms with Gasteiger partial charge in [0.15, 0.2) is 0 Å². The van der Waals surface area contributed by atoms with Crippen molar-refractivity contribution < 1.29 is 9.53 Å². The molecule has 0 amide bonds. The van der Waals surface area contributed by atoms with Crippen molar-refractivity contribution in [2.24, 2.45) is 5.92 Å². The fourth-order valence-electron chi connectivity index (χ4n) is 3.04. The quantitative estimate of drug-likeness (QED) is 0.160. The molecule has 0 spiro atoms. The van der Waals surface area contributed by atoms with Gasteiger partial charge in [-0.05, 0) is 18.8 Å². The zero-order valence-corrected chi connectivity index (χ0v) is 20.0. The lowest BCUT2D eigenvalue weighted by Crippen LogP contribution is -2.05. The molecule has 2 heteroatoms. The van der Waals surface area contributed by atoms with Crippen molar-refractivity contribution in [2.45, 2.75) is 143 Å². The summed E-state index contributed by atoms with van der Waals surface area (Å²) in [7, 11) is 0. The van der Waals surface area contributed by atoms with E-state index in [1.54, 1.807) is 0 Å². The van der Waals surface area contributed by atoms with Gasteiger partial charge in [-0.1, -0.05) is 131 Å². The summed E-state index contributed by atoms with van der Waals surface area (Å²) in [5, 5.41) is 0. The monoisotopic (exact) mass is 397 g/mol. The van der Waals surface area contributed by atoms with Crippen LogP contribution in [0.15, 0.2) is 0 Å². The molecule has 28 heavy (non-hydrogen) atoms. The first-order valence-electron chi connectivity index (χ1n) is 12.5. The van der Waals surface area contributed by atoms with E-state index in [0.717, 1.165) is 19.3 Å². The highest BCUT2D eigenvalue weighted by atomic mass is 16.5. The van der Waals surface area contributed by atoms with Gasteiger partial charge in [0.05, 0.1) is 6.61 Å². The van der Waals surface area contributed by atoms with Gasteiger partial charge in [0.1, 0.15) is 0 Å². The molecule has 0 atom stereocenters. The highest BCUT2D eigenvalue weighted by Gasteiger charge is 2.01. The summed E-state index contributed by atoms with van der Waals surface area (Å²) in [6.07, 6.45) is 23.1. The molecule has 1 radical (unpaired) electrons. The van der Waals surface area contributed by atoms with Gasteiger partial charge < -0.3 is 4.74 Å². The number of hydrogen-bond donors (Lipinski definition) is 0. The van der Waals surface area contributed by atoms with Crippen LogP contribution in [0.4, 0.5) is 0 Å². The van der Waals surface area contributed by atoms with Crippen molar-refractivity contribution in [2.75, 3.05) is 6.61 Å². The minimum atomic E-state index is -0.00172. The van der Waals surface area contributed by atoms with Crippen LogP contribution in [-0.2, 0) is 9.53 Å². The second-order valence-corrected chi connectivity index (χ2v) is 8.67. The number of carbonyl (C=O) groups excluding carboxylic acids is 1. The SMILES string of the molecule is CCCCCCCCCCCCCCCCCC(=O)OCCCC.[CH2]C(C)C. The minimum Gasteiger partial charge on any atom is -0.466 e. The lowest BCUT2D eigenvalue weighted by atomic mass is 10.0. The van der Waals surface area contributed by atoms with E-state index in [1.165, 1.54) is 89.9 Å². The normalized spacial score (nSPS) is 10.6. The Balaban J connectivity index is 0. The van der Waals surface area contributed by atoms with Crippen LogP contribution in [0.2, 0.25) is 0 Å². The molecule has 0 fully saturated rings. The third-order valence-corrected chi connectivity index (χ3v) is 4.75. The second-order valence-electron chi connectivity index (χ2n) is 8.67. The highest BCUT2D eigenvalue weighted by molar-refractivity contribution is 5.69. The molecule has 0 rings (SSSR count). The summed E-state index contributed by atoms with van der Waals surface area (Å²) in [4.78, 5) is 11.4. The Hall–Kier alpha value is -0.530. The maximum atomic E-state index is 11.4. The van der Waals surface area contributed by atoms with E-state index < -0.39 is 0 Å². The Morgan fingerprint density at radius 1 is 0.643 bits per heavy atom. The summed E-state index contributed by atoms with van der Waals surface area (Å²) in [5.41, 5.74) is 0. The molecule has 0 saturated carbocycles. The smallest absolute Gasteiger partial charge is 0.305 e. The molecule has 0 aromatic heterocycles. The molecule has 169 valence electrons. The fraction of sp³-hybridized carbons (Fsp3) is 0.923. The van der Waals surface area contributed by atoms with E-state index in [2.05, 4.69) is 34.6 Å². The first kappa shape index (κ1) is 29.7. The van der Waals surface area contributed by atoms with Gasteiger partial charge in [0, 0.05) is 6.42 Å². The van der Waals surface area contributed by atoms with Gasteiger partial charge in [0.2, 0.25) is 0 Å². The molecule has 0 aliphatic heterocycles. The van der Waals surface area contributed by atoms with E-state index in [0.29, 0.717) is 18.9 Å². The number of carbonyl (C=O) groups is 1. The minimum absolute atomic E-state index is 0.00172. The Morgan fingerprint density at radius 2 is 0.964 bits per heavy atom. The molecular formula is C26H53O2. The summed E-state index contributed by atoms with van der Waals surface area (Å²) >= 11 is 0. The van der Waals surface area contributed by atoms with Gasteiger partial charge in [-0.3, -0.25) is 4.79 Å². The first-order valence-corrected chi connectivity index (χ1v) is 12.5. The number of ether oxygens (including phenoxy) is 1. The third-order valence-electron chi connectivity index (χ3n) is 4.75. The molecule has 0 aromatic carbocycles. The molecule has 0 unspecified atom stereocenters. The van der Waals surface area contributed by atoms with Gasteiger partial charge >= 0.3 is 5.97 Å². The van der Waals surface area contributed by atoms with Crippen molar-refractivity contribution in [1.29, 1.82) is 0 Å². The largest absolute Gasteiger partial charge is 0.466 e. The van der Waals surface area contributed by atoms with Crippen molar-refractivity contribution in [3.8, 4) is 0 Å². The molecule has 0 aliphatic carbocycles. The average Bonchev–Trinajstić information content (AvgIpc) is 2.64. The maximum absolute atomic E-state index is 11.4. The first-order chi connectivity index (χ1) is 13.5. The molecule has 0 aliphatic rings. The van der Waals surface area contributed by atoms with Gasteiger partial charge in [0.25, 0.3) is 0 Å². The number of unbranched alkanes of at least 4 members (excludes halogenated alkanes) is 15. The van der Waals surface area contributed by atoms with Crippen molar-refractivity contribution in [3.05, 3.63) is 6.92 Å². The van der Waals surface area contributed by atoms with E-state index in [4.69, 9.17) is 4.74 Å². The number of hydrogen-bond acceptors (Lipinski definition) is 2. The molecular weight excluding hydrogens is 344 g/mol. The second kappa shape index (κ2) is 26.5. The topological polar surface area (TPSA) is 26.3 Å². The van der Waals surface area contributed by atoms with Crippen LogP contribution in [0, 0.1) is 12.8 Å². The number of rotatable bonds is 19. The van der Waals surface area contributed by atoms with Crippen molar-refractivity contribution in [3.63, 3.8) is 0 Å². The van der Waals surface area contributed by atoms with E-state index in [9.17, 15) is 4.79 Å². The van der Waals surface area contributed by atoms with Crippen LogP contribution in [0.5, 0.6) is 0 Å². The van der Waals surface area contributed by atoms with Crippen molar-refractivity contribution >= 4 is 5.97 Å². The maximum Gasteiger partial charge on any atom is 0.305 e. The van der Waals surface area contributed by atoms with Crippen molar-refractivity contribution in [1.82, 2.24) is 0 Å². The lowest BCUT2D eigenvalue weighted by Gasteiger charge is -2.04. The van der Waals surface area contributed by atoms with Crippen LogP contribution in [0.1, 0.15) is 143 Å². The summed E-state index contributed by atoms with van der Waals surface area (Å²) in [6, 6.07) is 0. The summed E-state index contributed by atoms with van der Waals surface area (Å²) in [5.74, 6) is 0.582. The van der Waals surface area contributed by atoms with Crippen LogP contribution >= 0.6 is 0 Å². The van der Waals surface area contributed by atoms with Gasteiger partial charge in [-0.2, -0.15) is 0 Å². The molecule has 2 nitrogen and oxygen atoms in total. The zero-order valence-electron chi connectivity index (χ0n) is 20.0. The van der Waals surface area contributed by atoms with Crippen LogP contribution in [0.3, 0.4) is 0 Å². The Labute approximate surface area is 178 Å². The summed E-state index contributed by atoms with van der Waals surface area (Å²) < 4.78 is 5.16. The van der Waals surface area contributed by atoms with E-state index in [1.807, 2.05) is 0 Å². The molecule has 0 aromatic rings. The lowest BCUT2D eigenvalue weighted by molar-refractivity contribution is -0.143.